The average molecular weight is 992 g/mol. The van der Waals surface area contributed by atoms with Gasteiger partial charge in [-0.25, -0.2) is 18.6 Å². The third-order valence-corrected chi connectivity index (χ3v) is 12.4. The number of allylic oxidation sites excluding steroid dienone is 9. The molecule has 0 bridgehead atoms. The van der Waals surface area contributed by atoms with E-state index in [0.717, 1.165) is 67.3 Å². The predicted molar refractivity (Wildman–Crippen MR) is 277 cm³/mol. The van der Waals surface area contributed by atoms with Crippen molar-refractivity contribution in [2.24, 2.45) is 0 Å². The van der Waals surface area contributed by atoms with Crippen LogP contribution in [0.3, 0.4) is 0 Å². The summed E-state index contributed by atoms with van der Waals surface area (Å²) in [4.78, 5) is 58.3. The zero-order chi connectivity index (χ0) is 52.0. The van der Waals surface area contributed by atoms with Gasteiger partial charge in [0.05, 0.1) is 21.8 Å². The zero-order valence-electron chi connectivity index (χ0n) is 41.1. The summed E-state index contributed by atoms with van der Waals surface area (Å²) in [5.74, 6) is 0. The molecule has 0 atom stereocenters. The van der Waals surface area contributed by atoms with Crippen LogP contribution in [0.1, 0.15) is 41.7 Å². The van der Waals surface area contributed by atoms with Crippen LogP contribution in [0.25, 0.3) is 32.7 Å². The maximum Gasteiger partial charge on any atom is 0.277 e. The standard InChI is InChI=1S/C55H54N8O4.ClHO4/c1-9-62(46-32-14-34(3)48-50(46)54(66)58-56-52(48)64)42-28-20-38(21-29-42)44(36-16-24-40(25-17-36)60(5)6)12-11-13-45(37-18-26-41(27-19-37)61(7)8)39-22-30-43(31-23-39)63(10-2)47-33-15-35(4)49-51(47)55(67)59-57-53(49)65;2-1(3,4)5/h11-33H,9-10H2,1-8H3,(H3-,56,57,58,59,64,65,66,67);(H,2,3,4,5). The number of rotatable bonds is 12. The molecule has 5 aromatic carbocycles. The van der Waals surface area contributed by atoms with Crippen LogP contribution in [-0.2, 0) is 0 Å². The minimum absolute atomic E-state index is 0.333. The number of aromatic nitrogens is 4. The van der Waals surface area contributed by atoms with Crippen molar-refractivity contribution < 1.29 is 33.5 Å². The molecule has 0 spiro atoms. The van der Waals surface area contributed by atoms with Crippen LogP contribution in [0.5, 0.6) is 0 Å². The van der Waals surface area contributed by atoms with Gasteiger partial charge >= 0.3 is 0 Å². The third kappa shape index (κ3) is 11.4. The molecule has 2 heterocycles. The zero-order valence-corrected chi connectivity index (χ0v) is 41.9. The highest BCUT2D eigenvalue weighted by atomic mass is 35.7. The third-order valence-electron chi connectivity index (χ3n) is 12.4. The summed E-state index contributed by atoms with van der Waals surface area (Å²) in [5, 5.41) is 11.4. The van der Waals surface area contributed by atoms with E-state index in [1.165, 1.54) is 0 Å². The van der Waals surface area contributed by atoms with Crippen molar-refractivity contribution in [3.8, 4) is 0 Å². The minimum atomic E-state index is -4.94. The van der Waals surface area contributed by atoms with E-state index in [4.69, 9.17) is 18.6 Å². The predicted octanol–water partition coefficient (Wildman–Crippen LogP) is 4.27. The lowest BCUT2D eigenvalue weighted by atomic mass is 9.94. The summed E-state index contributed by atoms with van der Waals surface area (Å²) in [5.41, 5.74) is 11.4. The number of aromatic amines is 4. The summed E-state index contributed by atoms with van der Waals surface area (Å²) < 4.78 is 36.0. The van der Waals surface area contributed by atoms with E-state index in [9.17, 15) is 19.2 Å². The molecule has 0 saturated carbocycles. The Labute approximate surface area is 417 Å². The van der Waals surface area contributed by atoms with Crippen molar-refractivity contribution in [1.29, 1.82) is 0 Å². The summed E-state index contributed by atoms with van der Waals surface area (Å²) in [7, 11) is 3.15. The van der Waals surface area contributed by atoms with Gasteiger partial charge in [0.25, 0.3) is 22.2 Å². The fourth-order valence-corrected chi connectivity index (χ4v) is 8.83. The molecule has 16 nitrogen and oxygen atoms in total. The van der Waals surface area contributed by atoms with Gasteiger partial charge in [0, 0.05) is 70.0 Å². The van der Waals surface area contributed by atoms with Crippen LogP contribution in [0.15, 0.2) is 164 Å². The second kappa shape index (κ2) is 21.9. The second-order valence-electron chi connectivity index (χ2n) is 17.3. The summed E-state index contributed by atoms with van der Waals surface area (Å²) in [6.45, 7) is 8.85. The van der Waals surface area contributed by atoms with E-state index in [-0.39, 0.29) is 22.2 Å². The highest BCUT2D eigenvalue weighted by molar-refractivity contribution is 6.05. The van der Waals surface area contributed by atoms with Crippen molar-refractivity contribution in [3.05, 3.63) is 214 Å². The average Bonchev–Trinajstić information content (AvgIpc) is 3.35. The van der Waals surface area contributed by atoms with E-state index >= 15 is 0 Å². The van der Waals surface area contributed by atoms with E-state index in [1.807, 2.05) is 89.6 Å². The van der Waals surface area contributed by atoms with Crippen molar-refractivity contribution in [2.45, 2.75) is 27.7 Å². The van der Waals surface area contributed by atoms with Crippen LogP contribution in [0.4, 0.5) is 28.4 Å². The number of halogens is 1. The Morgan fingerprint density at radius 3 is 1.46 bits per heavy atom. The van der Waals surface area contributed by atoms with E-state index in [0.29, 0.717) is 46.0 Å². The lowest BCUT2D eigenvalue weighted by molar-refractivity contribution is -2.00. The Kier molecular flexibility index (Phi) is 15.7. The quantitative estimate of drug-likeness (QED) is 0.0997. The number of nitrogens with one attached hydrogen (secondary N) is 4. The Morgan fingerprint density at radius 2 is 0.986 bits per heavy atom. The Bertz CT molecular complexity index is 3570. The molecular formula is C55H55ClN8O8. The monoisotopic (exact) mass is 990 g/mol. The van der Waals surface area contributed by atoms with Crippen LogP contribution < -0.4 is 55.6 Å². The largest absolute Gasteiger partial charge is 0.378 e. The van der Waals surface area contributed by atoms with Crippen molar-refractivity contribution in [1.82, 2.24) is 20.4 Å². The minimum Gasteiger partial charge on any atom is -0.378 e. The van der Waals surface area contributed by atoms with Gasteiger partial charge in [-0.05, 0) is 127 Å². The molecule has 72 heavy (non-hydrogen) atoms. The maximum atomic E-state index is 13.2. The Hall–Kier alpha value is -8.12. The van der Waals surface area contributed by atoms with Gasteiger partial charge < -0.3 is 14.7 Å². The Morgan fingerprint density at radius 1 is 0.556 bits per heavy atom. The number of anilines is 4. The fraction of sp³-hybridized carbons (Fsp3) is 0.182. The van der Waals surface area contributed by atoms with E-state index in [1.54, 1.807) is 0 Å². The molecule has 370 valence electrons. The van der Waals surface area contributed by atoms with Crippen LogP contribution in [0, 0.1) is 24.1 Å². The van der Waals surface area contributed by atoms with Gasteiger partial charge in [-0.2, -0.15) is 4.58 Å². The van der Waals surface area contributed by atoms with Crippen LogP contribution in [-0.4, -0.2) is 72.0 Å². The number of nitrogens with zero attached hydrogens (tertiary/aromatic N) is 4. The molecule has 0 saturated heterocycles. The molecule has 0 radical (unpaired) electrons. The summed E-state index contributed by atoms with van der Waals surface area (Å²) >= 11 is 0. The SMILES string of the molecule is CCN(c1ccc(C(=CC=CC(=C2C=CC(=[N+](CC)c3ccc(C)c4c(=O)[nH][nH]c(=O)c34)C=C2)c2ccc(N(C)C)cc2)c2ccc(N(C)C)cc2)cc1)c1ccc(C)c2c(=O)[nH][nH]c(=O)c12.[O-][Cl+3]([O-])([O-])[O-]. The molecule has 17 heteroatoms. The first-order valence-corrected chi connectivity index (χ1v) is 24.2. The molecule has 1 aliphatic carbocycles. The molecule has 0 amide bonds. The van der Waals surface area contributed by atoms with Crippen molar-refractivity contribution >= 4 is 66.8 Å². The van der Waals surface area contributed by atoms with Gasteiger partial charge in [-0.15, -0.1) is 10.2 Å². The molecular weight excluding hydrogens is 936 g/mol. The van der Waals surface area contributed by atoms with Crippen LogP contribution in [0.2, 0.25) is 0 Å². The second-order valence-corrected chi connectivity index (χ2v) is 18.1. The number of hydrogen-bond acceptors (Lipinski definition) is 11. The molecule has 4 N–H and O–H groups in total. The van der Waals surface area contributed by atoms with E-state index < -0.39 is 10.2 Å². The first kappa shape index (κ1) is 51.7. The summed E-state index contributed by atoms with van der Waals surface area (Å²) in [6.07, 6.45) is 14.7. The first-order chi connectivity index (χ1) is 34.3. The molecule has 1 aliphatic rings. The number of hydrogen-bond donors (Lipinski definition) is 4. The highest BCUT2D eigenvalue weighted by Crippen LogP contribution is 2.34. The first-order valence-electron chi connectivity index (χ1n) is 23.0. The number of H-pyrrole nitrogens is 4. The van der Waals surface area contributed by atoms with Crippen molar-refractivity contribution in [3.63, 3.8) is 0 Å². The van der Waals surface area contributed by atoms with Crippen LogP contribution >= 0.6 is 0 Å². The lowest BCUT2D eigenvalue weighted by Gasteiger charge is -2.25. The maximum absolute atomic E-state index is 13.2. The van der Waals surface area contributed by atoms with Gasteiger partial charge in [0.15, 0.2) is 0 Å². The fourth-order valence-electron chi connectivity index (χ4n) is 8.83. The molecule has 2 aromatic heterocycles. The highest BCUT2D eigenvalue weighted by Gasteiger charge is 2.23. The molecule has 0 aliphatic heterocycles. The summed E-state index contributed by atoms with van der Waals surface area (Å²) in [6, 6.07) is 32.8. The van der Waals surface area contributed by atoms with Gasteiger partial charge in [-0.3, -0.25) is 39.6 Å². The topological polar surface area (TPSA) is 236 Å². The Balaban J connectivity index is 0.00000145. The molecule has 8 rings (SSSR count). The smallest absolute Gasteiger partial charge is 0.277 e. The van der Waals surface area contributed by atoms with Gasteiger partial charge in [-0.1, -0.05) is 66.8 Å². The van der Waals surface area contributed by atoms with Gasteiger partial charge in [0.1, 0.15) is 11.9 Å². The molecule has 0 unspecified atom stereocenters. The van der Waals surface area contributed by atoms with E-state index in [2.05, 4.69) is 146 Å². The number of fused-ring (bicyclic) bond motifs is 2. The number of aryl methyl sites for hydroxylation is 2. The molecule has 0 fully saturated rings. The van der Waals surface area contributed by atoms with Gasteiger partial charge in [0.2, 0.25) is 11.4 Å². The van der Waals surface area contributed by atoms with Crippen molar-refractivity contribution in [2.75, 3.05) is 56.0 Å². The lowest BCUT2D eigenvalue weighted by Crippen LogP contribution is -2.68. The number of benzene rings is 5. The normalized spacial score (nSPS) is 12.6. The molecule has 7 aromatic rings.